The Balaban J connectivity index is 1.55. The minimum Gasteiger partial charge on any atom is -0.462 e. The summed E-state index contributed by atoms with van der Waals surface area (Å²) in [6.07, 6.45) is 6.95. The third kappa shape index (κ3) is 5.90. The number of benzene rings is 1. The van der Waals surface area contributed by atoms with Gasteiger partial charge in [-0.1, -0.05) is 40.4 Å². The maximum atomic E-state index is 11.8. The first-order valence-corrected chi connectivity index (χ1v) is 9.14. The zero-order valence-electron chi connectivity index (χ0n) is 12.6. The molecule has 0 bridgehead atoms. The summed E-state index contributed by atoms with van der Waals surface area (Å²) in [5.41, 5.74) is 0.532. The van der Waals surface area contributed by atoms with Gasteiger partial charge in [0.2, 0.25) is 0 Å². The van der Waals surface area contributed by atoms with Crippen molar-refractivity contribution in [1.29, 1.82) is 0 Å². The van der Waals surface area contributed by atoms with Gasteiger partial charge in [-0.25, -0.2) is 4.79 Å². The van der Waals surface area contributed by atoms with Gasteiger partial charge in [0.05, 0.1) is 18.3 Å². The molecule has 0 spiro atoms. The van der Waals surface area contributed by atoms with Crippen molar-refractivity contribution in [3.63, 3.8) is 0 Å². The van der Waals surface area contributed by atoms with Crippen LogP contribution in [-0.4, -0.2) is 30.1 Å². The molecule has 1 aromatic carbocycles. The highest BCUT2D eigenvalue weighted by atomic mass is 79.9. The van der Waals surface area contributed by atoms with Gasteiger partial charge in [-0.2, -0.15) is 0 Å². The summed E-state index contributed by atoms with van der Waals surface area (Å²) in [4.78, 5) is 12.3. The van der Waals surface area contributed by atoms with Crippen molar-refractivity contribution in [3.8, 4) is 0 Å². The van der Waals surface area contributed by atoms with Crippen LogP contribution in [0.2, 0.25) is 5.02 Å². The average molecular weight is 390 g/mol. The van der Waals surface area contributed by atoms with Gasteiger partial charge < -0.3 is 9.47 Å². The fourth-order valence-corrected chi connectivity index (χ4v) is 3.38. The molecule has 1 aliphatic carbocycles. The van der Waals surface area contributed by atoms with Crippen LogP contribution in [0.5, 0.6) is 0 Å². The molecule has 0 saturated heterocycles. The third-order valence-corrected chi connectivity index (χ3v) is 5.11. The topological polar surface area (TPSA) is 35.5 Å². The van der Waals surface area contributed by atoms with Gasteiger partial charge in [0, 0.05) is 16.5 Å². The number of unbranched alkanes of at least 4 members (excludes halogenated alkanes) is 1. The van der Waals surface area contributed by atoms with E-state index in [4.69, 9.17) is 21.1 Å². The van der Waals surface area contributed by atoms with Crippen LogP contribution < -0.4 is 0 Å². The van der Waals surface area contributed by atoms with Crippen molar-refractivity contribution < 1.29 is 14.3 Å². The van der Waals surface area contributed by atoms with E-state index >= 15 is 0 Å². The number of alkyl halides is 1. The van der Waals surface area contributed by atoms with Crippen LogP contribution in [0.15, 0.2) is 24.3 Å². The first-order valence-electron chi connectivity index (χ1n) is 7.85. The summed E-state index contributed by atoms with van der Waals surface area (Å²) in [6.45, 7) is 1.15. The fraction of sp³-hybridized carbons (Fsp3) is 0.588. The molecular formula is C17H22BrClO3. The largest absolute Gasteiger partial charge is 0.462 e. The number of hydrogen-bond donors (Lipinski definition) is 0. The van der Waals surface area contributed by atoms with E-state index in [0.29, 0.717) is 28.1 Å². The van der Waals surface area contributed by atoms with Crippen LogP contribution in [0.3, 0.4) is 0 Å². The normalized spacial score (nSPS) is 21.5. The average Bonchev–Trinajstić information content (AvgIpc) is 2.53. The molecule has 0 amide bonds. The molecule has 1 aliphatic rings. The zero-order chi connectivity index (χ0) is 15.8. The first-order chi connectivity index (χ1) is 10.7. The molecule has 1 saturated carbocycles. The van der Waals surface area contributed by atoms with Gasteiger partial charge in [0.1, 0.15) is 0 Å². The predicted molar refractivity (Wildman–Crippen MR) is 91.9 cm³/mol. The minimum atomic E-state index is -0.301. The van der Waals surface area contributed by atoms with E-state index < -0.39 is 0 Å². The molecular weight excluding hydrogens is 368 g/mol. The molecule has 1 aromatic rings. The number of rotatable bonds is 7. The van der Waals surface area contributed by atoms with E-state index in [9.17, 15) is 4.79 Å². The van der Waals surface area contributed by atoms with E-state index in [1.54, 1.807) is 24.3 Å². The molecule has 3 nitrogen and oxygen atoms in total. The van der Waals surface area contributed by atoms with Crippen molar-refractivity contribution in [2.75, 3.05) is 13.2 Å². The van der Waals surface area contributed by atoms with Crippen molar-refractivity contribution in [2.24, 2.45) is 0 Å². The smallest absolute Gasteiger partial charge is 0.338 e. The van der Waals surface area contributed by atoms with Gasteiger partial charge >= 0.3 is 5.97 Å². The Kier molecular flexibility index (Phi) is 7.70. The molecule has 0 radical (unpaired) electrons. The highest BCUT2D eigenvalue weighted by molar-refractivity contribution is 9.09. The van der Waals surface area contributed by atoms with Crippen molar-refractivity contribution in [2.45, 2.75) is 49.5 Å². The lowest BCUT2D eigenvalue weighted by Gasteiger charge is -2.27. The molecule has 0 aliphatic heterocycles. The standard InChI is InChI=1S/C17H22BrClO3/c18-15-5-1-2-6-16(15)21-11-3-4-12-22-17(20)13-7-9-14(19)10-8-13/h7-10,15-16H,1-6,11-12H2/t15-,16-/m1/s1. The molecule has 5 heteroatoms. The Labute approximate surface area is 145 Å². The first kappa shape index (κ1) is 17.8. The lowest BCUT2D eigenvalue weighted by molar-refractivity contribution is 0.0268. The molecule has 0 N–H and O–H groups in total. The van der Waals surface area contributed by atoms with E-state index in [-0.39, 0.29) is 5.97 Å². The molecule has 22 heavy (non-hydrogen) atoms. The molecule has 122 valence electrons. The van der Waals surface area contributed by atoms with E-state index in [2.05, 4.69) is 15.9 Å². The van der Waals surface area contributed by atoms with Gasteiger partial charge in [-0.3, -0.25) is 0 Å². The summed E-state index contributed by atoms with van der Waals surface area (Å²) in [5.74, 6) is -0.301. The van der Waals surface area contributed by atoms with E-state index in [1.807, 2.05) is 0 Å². The summed E-state index contributed by atoms with van der Waals surface area (Å²) >= 11 is 9.47. The zero-order valence-corrected chi connectivity index (χ0v) is 14.9. The SMILES string of the molecule is O=C(OCCCCO[C@@H]1CCCC[C@H]1Br)c1ccc(Cl)cc1. The Morgan fingerprint density at radius 1 is 1.14 bits per heavy atom. The molecule has 2 rings (SSSR count). The van der Waals surface area contributed by atoms with Crippen LogP contribution in [0.25, 0.3) is 0 Å². The van der Waals surface area contributed by atoms with Crippen LogP contribution in [-0.2, 0) is 9.47 Å². The number of esters is 1. The fourth-order valence-electron chi connectivity index (χ4n) is 2.51. The molecule has 0 unspecified atom stereocenters. The van der Waals surface area contributed by atoms with Gasteiger partial charge in [-0.15, -0.1) is 0 Å². The van der Waals surface area contributed by atoms with Gasteiger partial charge in [0.15, 0.2) is 0 Å². The second-order valence-corrected chi connectivity index (χ2v) is 7.17. The minimum absolute atomic E-state index is 0.301. The second-order valence-electron chi connectivity index (χ2n) is 5.56. The van der Waals surface area contributed by atoms with E-state index in [1.165, 1.54) is 19.3 Å². The van der Waals surface area contributed by atoms with Crippen LogP contribution >= 0.6 is 27.5 Å². The highest BCUT2D eigenvalue weighted by Crippen LogP contribution is 2.26. The van der Waals surface area contributed by atoms with Crippen molar-refractivity contribution in [3.05, 3.63) is 34.9 Å². The van der Waals surface area contributed by atoms with E-state index in [0.717, 1.165) is 25.9 Å². The van der Waals surface area contributed by atoms with Crippen LogP contribution in [0.1, 0.15) is 48.9 Å². The third-order valence-electron chi connectivity index (χ3n) is 3.81. The number of hydrogen-bond acceptors (Lipinski definition) is 3. The Hall–Kier alpha value is -0.580. The summed E-state index contributed by atoms with van der Waals surface area (Å²) in [5, 5.41) is 0.613. The van der Waals surface area contributed by atoms with Crippen LogP contribution in [0.4, 0.5) is 0 Å². The highest BCUT2D eigenvalue weighted by Gasteiger charge is 2.22. The lowest BCUT2D eigenvalue weighted by Crippen LogP contribution is -2.28. The number of carbonyl (C=O) groups excluding carboxylic acids is 1. The van der Waals surface area contributed by atoms with Crippen molar-refractivity contribution in [1.82, 2.24) is 0 Å². The Morgan fingerprint density at radius 2 is 1.82 bits per heavy atom. The van der Waals surface area contributed by atoms with Gasteiger partial charge in [-0.05, 0) is 49.9 Å². The van der Waals surface area contributed by atoms with Crippen LogP contribution in [0, 0.1) is 0 Å². The molecule has 0 aromatic heterocycles. The second kappa shape index (κ2) is 9.53. The number of halogens is 2. The maximum absolute atomic E-state index is 11.8. The monoisotopic (exact) mass is 388 g/mol. The van der Waals surface area contributed by atoms with Crippen molar-refractivity contribution >= 4 is 33.5 Å². The lowest BCUT2D eigenvalue weighted by atomic mass is 9.97. The quantitative estimate of drug-likeness (QED) is 0.374. The molecule has 0 heterocycles. The molecule has 2 atom stereocenters. The maximum Gasteiger partial charge on any atom is 0.338 e. The Bertz CT molecular complexity index is 463. The summed E-state index contributed by atoms with van der Waals surface area (Å²) in [6, 6.07) is 6.72. The number of ether oxygens (including phenoxy) is 2. The predicted octanol–water partition coefficient (Wildman–Crippen LogP) is 5.00. The summed E-state index contributed by atoms with van der Waals surface area (Å²) < 4.78 is 11.1. The summed E-state index contributed by atoms with van der Waals surface area (Å²) in [7, 11) is 0. The number of carbonyl (C=O) groups is 1. The van der Waals surface area contributed by atoms with Gasteiger partial charge in [0.25, 0.3) is 0 Å². The molecule has 1 fully saturated rings. The Morgan fingerprint density at radius 3 is 2.55 bits per heavy atom.